The molecule has 0 saturated heterocycles. The first-order valence-electron chi connectivity index (χ1n) is 5.96. The summed E-state index contributed by atoms with van der Waals surface area (Å²) in [4.78, 5) is 0. The minimum absolute atomic E-state index is 0.218. The van der Waals surface area contributed by atoms with E-state index in [1.807, 2.05) is 0 Å². The summed E-state index contributed by atoms with van der Waals surface area (Å²) in [5, 5.41) is 9.58. The van der Waals surface area contributed by atoms with Gasteiger partial charge in [-0.2, -0.15) is 0 Å². The lowest BCUT2D eigenvalue weighted by molar-refractivity contribution is -0.274. The molecule has 0 aliphatic carbocycles. The largest absolute Gasteiger partial charge is 0.573 e. The highest BCUT2D eigenvalue weighted by Gasteiger charge is 2.31. The van der Waals surface area contributed by atoms with Gasteiger partial charge >= 0.3 is 6.36 Å². The Bertz CT molecular complexity index is 647. The number of phenolic OH excluding ortho intramolecular Hbond substituents is 1. The fourth-order valence-corrected chi connectivity index (χ4v) is 1.92. The molecule has 0 amide bonds. The summed E-state index contributed by atoms with van der Waals surface area (Å²) in [7, 11) is 0. The maximum atomic E-state index is 13.7. The monoisotopic (exact) mass is 319 g/mol. The van der Waals surface area contributed by atoms with Crippen LogP contribution in [-0.4, -0.2) is 11.5 Å². The molecule has 0 bridgehead atoms. The summed E-state index contributed by atoms with van der Waals surface area (Å²) in [6, 6.07) is 4.44. The van der Waals surface area contributed by atoms with Crippen molar-refractivity contribution in [2.45, 2.75) is 12.4 Å². The normalized spacial score (nSPS) is 13.0. The van der Waals surface area contributed by atoms with Gasteiger partial charge in [0.05, 0.1) is 11.6 Å². The Labute approximate surface area is 121 Å². The molecule has 0 fully saturated rings. The van der Waals surface area contributed by atoms with Crippen molar-refractivity contribution in [2.75, 3.05) is 0 Å². The third-order valence-corrected chi connectivity index (χ3v) is 2.86. The Balaban J connectivity index is 2.29. The topological polar surface area (TPSA) is 55.5 Å². The van der Waals surface area contributed by atoms with Crippen molar-refractivity contribution in [3.05, 3.63) is 59.2 Å². The van der Waals surface area contributed by atoms with E-state index in [0.29, 0.717) is 12.1 Å². The minimum Gasteiger partial charge on any atom is -0.507 e. The van der Waals surface area contributed by atoms with Crippen molar-refractivity contribution in [2.24, 2.45) is 5.73 Å². The van der Waals surface area contributed by atoms with Gasteiger partial charge in [0.15, 0.2) is 0 Å². The zero-order valence-corrected chi connectivity index (χ0v) is 10.9. The first-order chi connectivity index (χ1) is 10.2. The van der Waals surface area contributed by atoms with Crippen LogP contribution in [0.15, 0.2) is 36.4 Å². The first-order valence-corrected chi connectivity index (χ1v) is 5.96. The summed E-state index contributed by atoms with van der Waals surface area (Å²) >= 11 is 0. The number of alkyl halides is 3. The zero-order valence-electron chi connectivity index (χ0n) is 10.9. The second kappa shape index (κ2) is 5.80. The quantitative estimate of drug-likeness (QED) is 0.850. The predicted molar refractivity (Wildman–Crippen MR) is 67.2 cm³/mol. The lowest BCUT2D eigenvalue weighted by Gasteiger charge is -2.16. The van der Waals surface area contributed by atoms with Gasteiger partial charge in [-0.15, -0.1) is 13.2 Å². The van der Waals surface area contributed by atoms with Gasteiger partial charge in [-0.25, -0.2) is 8.78 Å². The lowest BCUT2D eigenvalue weighted by Crippen LogP contribution is -2.17. The molecule has 0 unspecified atom stereocenters. The van der Waals surface area contributed by atoms with Gasteiger partial charge in [0, 0.05) is 12.1 Å². The summed E-state index contributed by atoms with van der Waals surface area (Å²) < 4.78 is 66.4. The molecule has 2 aromatic rings. The van der Waals surface area contributed by atoms with Crippen molar-refractivity contribution in [1.82, 2.24) is 0 Å². The average Bonchev–Trinajstić information content (AvgIpc) is 2.36. The summed E-state index contributed by atoms with van der Waals surface area (Å²) in [5.74, 6) is -3.17. The fraction of sp³-hybridized carbons (Fsp3) is 0.143. The maximum Gasteiger partial charge on any atom is 0.573 e. The van der Waals surface area contributed by atoms with Gasteiger partial charge in [-0.3, -0.25) is 0 Å². The number of nitrogens with two attached hydrogens (primary N) is 1. The van der Waals surface area contributed by atoms with Gasteiger partial charge in [0.25, 0.3) is 0 Å². The number of hydrogen-bond donors (Lipinski definition) is 2. The molecule has 8 heteroatoms. The van der Waals surface area contributed by atoms with E-state index < -0.39 is 35.5 Å². The number of aromatic hydroxyl groups is 1. The summed E-state index contributed by atoms with van der Waals surface area (Å²) in [5.41, 5.74) is 5.62. The van der Waals surface area contributed by atoms with E-state index in [-0.39, 0.29) is 11.1 Å². The molecule has 3 N–H and O–H groups in total. The summed E-state index contributed by atoms with van der Waals surface area (Å²) in [6.45, 7) is 0. The Morgan fingerprint density at radius 1 is 1.05 bits per heavy atom. The van der Waals surface area contributed by atoms with Gasteiger partial charge in [0.1, 0.15) is 23.1 Å². The van der Waals surface area contributed by atoms with Gasteiger partial charge in [-0.05, 0) is 17.7 Å². The number of rotatable bonds is 3. The molecule has 0 radical (unpaired) electrons. The van der Waals surface area contributed by atoms with Crippen molar-refractivity contribution >= 4 is 0 Å². The molecule has 2 rings (SSSR count). The smallest absolute Gasteiger partial charge is 0.507 e. The van der Waals surface area contributed by atoms with Crippen LogP contribution >= 0.6 is 0 Å². The number of benzene rings is 2. The van der Waals surface area contributed by atoms with Crippen LogP contribution in [0, 0.1) is 11.6 Å². The van der Waals surface area contributed by atoms with E-state index in [9.17, 15) is 27.1 Å². The molecule has 0 aliphatic rings. The molecule has 0 saturated carbocycles. The Hall–Kier alpha value is -2.35. The van der Waals surface area contributed by atoms with Crippen LogP contribution in [0.5, 0.6) is 11.5 Å². The minimum atomic E-state index is -4.83. The highest BCUT2D eigenvalue weighted by molar-refractivity contribution is 5.42. The molecular weight excluding hydrogens is 309 g/mol. The van der Waals surface area contributed by atoms with E-state index in [4.69, 9.17) is 5.73 Å². The second-order valence-electron chi connectivity index (χ2n) is 4.41. The summed E-state index contributed by atoms with van der Waals surface area (Å²) in [6.07, 6.45) is -4.83. The molecule has 118 valence electrons. The van der Waals surface area contributed by atoms with Crippen LogP contribution in [0.2, 0.25) is 0 Å². The SMILES string of the molecule is N[C@@H](c1ccc(OC(F)(F)F)cc1)c1c(O)cc(F)cc1F. The molecule has 0 spiro atoms. The Morgan fingerprint density at radius 2 is 1.64 bits per heavy atom. The van der Waals surface area contributed by atoms with E-state index in [1.165, 1.54) is 12.1 Å². The molecular formula is C14H10F5NO2. The molecule has 1 atom stereocenters. The van der Waals surface area contributed by atoms with E-state index >= 15 is 0 Å². The third kappa shape index (κ3) is 3.64. The Kier molecular flexibility index (Phi) is 4.23. The molecule has 0 aliphatic heterocycles. The average molecular weight is 319 g/mol. The van der Waals surface area contributed by atoms with E-state index in [0.717, 1.165) is 12.1 Å². The maximum absolute atomic E-state index is 13.7. The van der Waals surface area contributed by atoms with Crippen molar-refractivity contribution < 1.29 is 31.8 Å². The number of ether oxygens (including phenoxy) is 1. The van der Waals surface area contributed by atoms with Crippen LogP contribution in [0.3, 0.4) is 0 Å². The second-order valence-corrected chi connectivity index (χ2v) is 4.41. The zero-order chi connectivity index (χ0) is 16.5. The fourth-order valence-electron chi connectivity index (χ4n) is 1.92. The molecule has 22 heavy (non-hydrogen) atoms. The van der Waals surface area contributed by atoms with Crippen LogP contribution in [0.1, 0.15) is 17.2 Å². The molecule has 3 nitrogen and oxygen atoms in total. The van der Waals surface area contributed by atoms with Crippen LogP contribution < -0.4 is 10.5 Å². The van der Waals surface area contributed by atoms with E-state index in [2.05, 4.69) is 4.74 Å². The first kappa shape index (κ1) is 16.0. The number of halogens is 5. The van der Waals surface area contributed by atoms with Crippen molar-refractivity contribution in [3.8, 4) is 11.5 Å². The van der Waals surface area contributed by atoms with Crippen LogP contribution in [0.4, 0.5) is 22.0 Å². The Morgan fingerprint density at radius 3 is 2.14 bits per heavy atom. The number of phenols is 1. The van der Waals surface area contributed by atoms with Crippen LogP contribution in [0.25, 0.3) is 0 Å². The standard InChI is InChI=1S/C14H10F5NO2/c15-8-5-10(16)12(11(21)6-8)13(20)7-1-3-9(4-2-7)22-14(17,18)19/h1-6,13,21H,20H2/t13-/m0/s1. The highest BCUT2D eigenvalue weighted by atomic mass is 19.4. The van der Waals surface area contributed by atoms with Gasteiger partial charge in [0.2, 0.25) is 0 Å². The molecule has 0 heterocycles. The van der Waals surface area contributed by atoms with Crippen LogP contribution in [-0.2, 0) is 0 Å². The molecule has 0 aromatic heterocycles. The lowest BCUT2D eigenvalue weighted by atomic mass is 9.98. The highest BCUT2D eigenvalue weighted by Crippen LogP contribution is 2.32. The van der Waals surface area contributed by atoms with Gasteiger partial charge < -0.3 is 15.6 Å². The van der Waals surface area contributed by atoms with Crippen molar-refractivity contribution in [3.63, 3.8) is 0 Å². The van der Waals surface area contributed by atoms with Gasteiger partial charge in [-0.1, -0.05) is 12.1 Å². The van der Waals surface area contributed by atoms with Crippen molar-refractivity contribution in [1.29, 1.82) is 0 Å². The predicted octanol–water partition coefficient (Wildman–Crippen LogP) is 3.62. The number of hydrogen-bond acceptors (Lipinski definition) is 3. The third-order valence-electron chi connectivity index (χ3n) is 2.86. The molecule has 2 aromatic carbocycles. The van der Waals surface area contributed by atoms with E-state index in [1.54, 1.807) is 0 Å².